The molecule has 0 fully saturated rings. The lowest BCUT2D eigenvalue weighted by Crippen LogP contribution is -2.18. The van der Waals surface area contributed by atoms with Crippen LogP contribution in [0.25, 0.3) is 11.0 Å². The van der Waals surface area contributed by atoms with Gasteiger partial charge in [-0.05, 0) is 12.1 Å². The highest BCUT2D eigenvalue weighted by atomic mass is 16.5. The summed E-state index contributed by atoms with van der Waals surface area (Å²) in [7, 11) is 0. The first-order chi connectivity index (χ1) is 7.31. The van der Waals surface area contributed by atoms with E-state index in [0.717, 1.165) is 11.0 Å². The number of nitrogens with two attached hydrogens (primary N) is 1. The van der Waals surface area contributed by atoms with E-state index in [4.69, 9.17) is 10.5 Å². The Balaban J connectivity index is 2.18. The molecule has 78 valence electrons. The molecule has 0 spiro atoms. The summed E-state index contributed by atoms with van der Waals surface area (Å²) in [6.07, 6.45) is 0. The van der Waals surface area contributed by atoms with Crippen LogP contribution in [-0.2, 0) is 16.3 Å². The molecule has 0 bridgehead atoms. The van der Waals surface area contributed by atoms with Crippen molar-refractivity contribution in [2.24, 2.45) is 5.73 Å². The number of benzene rings is 1. The number of nitrogens with zero attached hydrogens (tertiary/aromatic N) is 3. The molecule has 6 heteroatoms. The van der Waals surface area contributed by atoms with Crippen molar-refractivity contribution >= 4 is 17.0 Å². The van der Waals surface area contributed by atoms with Gasteiger partial charge in [-0.1, -0.05) is 17.3 Å². The van der Waals surface area contributed by atoms with Gasteiger partial charge in [0.2, 0.25) is 0 Å². The second-order valence-corrected chi connectivity index (χ2v) is 2.93. The quantitative estimate of drug-likeness (QED) is 0.708. The standard InChI is InChI=1S/C9H10N4O2/c10-5-9(14)15-6-13-8-4-2-1-3-7(8)11-12-13/h1-4H,5-6,10H2. The molecule has 0 aliphatic carbocycles. The van der Waals surface area contributed by atoms with E-state index in [-0.39, 0.29) is 13.3 Å². The van der Waals surface area contributed by atoms with Gasteiger partial charge in [0.25, 0.3) is 0 Å². The first-order valence-corrected chi connectivity index (χ1v) is 4.45. The SMILES string of the molecule is NCC(=O)OCn1nnc2ccccc21. The first-order valence-electron chi connectivity index (χ1n) is 4.45. The van der Waals surface area contributed by atoms with Gasteiger partial charge in [-0.3, -0.25) is 4.79 Å². The molecule has 0 saturated carbocycles. The van der Waals surface area contributed by atoms with E-state index in [1.807, 2.05) is 24.3 Å². The van der Waals surface area contributed by atoms with Gasteiger partial charge in [0.05, 0.1) is 12.1 Å². The Kier molecular flexibility index (Phi) is 2.59. The maximum Gasteiger partial charge on any atom is 0.321 e. The average Bonchev–Trinajstić information content (AvgIpc) is 2.69. The molecule has 0 aliphatic rings. The van der Waals surface area contributed by atoms with Crippen molar-refractivity contribution in [2.75, 3.05) is 6.54 Å². The third-order valence-electron chi connectivity index (χ3n) is 1.93. The molecule has 6 nitrogen and oxygen atoms in total. The molecule has 2 aromatic rings. The summed E-state index contributed by atoms with van der Waals surface area (Å²) in [6.45, 7) is -0.0941. The number of rotatable bonds is 3. The molecular weight excluding hydrogens is 196 g/mol. The molecule has 1 aromatic carbocycles. The number of carbonyl (C=O) groups excluding carboxylic acids is 1. The van der Waals surface area contributed by atoms with E-state index >= 15 is 0 Å². The Labute approximate surface area is 85.6 Å². The average molecular weight is 206 g/mol. The minimum atomic E-state index is -0.463. The number of para-hydroxylation sites is 1. The van der Waals surface area contributed by atoms with Gasteiger partial charge < -0.3 is 10.5 Å². The van der Waals surface area contributed by atoms with Gasteiger partial charge in [-0.2, -0.15) is 0 Å². The summed E-state index contributed by atoms with van der Waals surface area (Å²) >= 11 is 0. The molecule has 2 N–H and O–H groups in total. The maximum absolute atomic E-state index is 10.8. The lowest BCUT2D eigenvalue weighted by atomic mass is 10.3. The van der Waals surface area contributed by atoms with Crippen molar-refractivity contribution < 1.29 is 9.53 Å². The number of ether oxygens (including phenoxy) is 1. The van der Waals surface area contributed by atoms with Crippen LogP contribution in [0.2, 0.25) is 0 Å². The summed E-state index contributed by atoms with van der Waals surface area (Å²) in [5.41, 5.74) is 6.69. The van der Waals surface area contributed by atoms with Gasteiger partial charge in [0.15, 0.2) is 6.73 Å². The molecule has 0 saturated heterocycles. The van der Waals surface area contributed by atoms with Crippen LogP contribution in [0.3, 0.4) is 0 Å². The number of hydrogen-bond acceptors (Lipinski definition) is 5. The normalized spacial score (nSPS) is 10.5. The topological polar surface area (TPSA) is 83.0 Å². The second-order valence-electron chi connectivity index (χ2n) is 2.93. The number of carbonyl (C=O) groups is 1. The molecule has 15 heavy (non-hydrogen) atoms. The van der Waals surface area contributed by atoms with Crippen molar-refractivity contribution in [3.63, 3.8) is 0 Å². The molecule has 0 radical (unpaired) electrons. The summed E-state index contributed by atoms with van der Waals surface area (Å²) in [5, 5.41) is 7.76. The molecule has 1 heterocycles. The van der Waals surface area contributed by atoms with E-state index in [2.05, 4.69) is 10.3 Å². The van der Waals surface area contributed by atoms with Crippen LogP contribution in [0.15, 0.2) is 24.3 Å². The lowest BCUT2D eigenvalue weighted by Gasteiger charge is -2.02. The second kappa shape index (κ2) is 4.05. The lowest BCUT2D eigenvalue weighted by molar-refractivity contribution is -0.145. The first kappa shape index (κ1) is 9.60. The molecule has 1 aromatic heterocycles. The molecule has 0 aliphatic heterocycles. The van der Waals surface area contributed by atoms with E-state index in [1.54, 1.807) is 0 Å². The van der Waals surface area contributed by atoms with Crippen molar-refractivity contribution in [1.82, 2.24) is 15.0 Å². The van der Waals surface area contributed by atoms with E-state index in [1.165, 1.54) is 4.68 Å². The van der Waals surface area contributed by atoms with Gasteiger partial charge >= 0.3 is 5.97 Å². The van der Waals surface area contributed by atoms with Gasteiger partial charge in [-0.15, -0.1) is 5.10 Å². The number of hydrogen-bond donors (Lipinski definition) is 1. The van der Waals surface area contributed by atoms with E-state index in [0.29, 0.717) is 0 Å². The van der Waals surface area contributed by atoms with Crippen molar-refractivity contribution in [3.8, 4) is 0 Å². The minimum Gasteiger partial charge on any atom is -0.441 e. The van der Waals surface area contributed by atoms with Crippen molar-refractivity contribution in [1.29, 1.82) is 0 Å². The number of fused-ring (bicyclic) bond motifs is 1. The smallest absolute Gasteiger partial charge is 0.321 e. The third-order valence-corrected chi connectivity index (χ3v) is 1.93. The largest absolute Gasteiger partial charge is 0.441 e. The van der Waals surface area contributed by atoms with Crippen LogP contribution >= 0.6 is 0 Å². The minimum absolute atomic E-state index is 0.0382. The molecule has 0 atom stereocenters. The monoisotopic (exact) mass is 206 g/mol. The molecule has 0 unspecified atom stereocenters. The van der Waals surface area contributed by atoms with Crippen LogP contribution < -0.4 is 5.73 Å². The number of aromatic nitrogens is 3. The predicted molar refractivity (Wildman–Crippen MR) is 52.7 cm³/mol. The summed E-state index contributed by atoms with van der Waals surface area (Å²) < 4.78 is 6.34. The zero-order valence-electron chi connectivity index (χ0n) is 7.96. The molecule has 2 rings (SSSR count). The zero-order chi connectivity index (χ0) is 10.7. The van der Waals surface area contributed by atoms with Gasteiger partial charge in [0, 0.05) is 0 Å². The Morgan fingerprint density at radius 2 is 2.27 bits per heavy atom. The Morgan fingerprint density at radius 1 is 1.47 bits per heavy atom. The third kappa shape index (κ3) is 1.94. The van der Waals surface area contributed by atoms with Crippen LogP contribution in [-0.4, -0.2) is 27.5 Å². The zero-order valence-corrected chi connectivity index (χ0v) is 7.96. The van der Waals surface area contributed by atoms with Gasteiger partial charge in [-0.25, -0.2) is 4.68 Å². The van der Waals surface area contributed by atoms with E-state index in [9.17, 15) is 4.79 Å². The highest BCUT2D eigenvalue weighted by Crippen LogP contribution is 2.09. The van der Waals surface area contributed by atoms with Crippen molar-refractivity contribution in [3.05, 3.63) is 24.3 Å². The molecule has 0 amide bonds. The Hall–Kier alpha value is -1.95. The fourth-order valence-electron chi connectivity index (χ4n) is 1.20. The van der Waals surface area contributed by atoms with E-state index < -0.39 is 5.97 Å². The predicted octanol–water partition coefficient (Wildman–Crippen LogP) is -0.109. The highest BCUT2D eigenvalue weighted by molar-refractivity contribution is 5.74. The summed E-state index contributed by atoms with van der Waals surface area (Å²) in [6, 6.07) is 7.43. The Bertz CT molecular complexity index is 480. The fourth-order valence-corrected chi connectivity index (χ4v) is 1.20. The summed E-state index contributed by atoms with van der Waals surface area (Å²) in [4.78, 5) is 10.8. The van der Waals surface area contributed by atoms with Crippen LogP contribution in [0.4, 0.5) is 0 Å². The van der Waals surface area contributed by atoms with Crippen LogP contribution in [0, 0.1) is 0 Å². The maximum atomic E-state index is 10.8. The summed E-state index contributed by atoms with van der Waals surface area (Å²) in [5.74, 6) is -0.463. The highest BCUT2D eigenvalue weighted by Gasteiger charge is 2.04. The van der Waals surface area contributed by atoms with Gasteiger partial charge in [0.1, 0.15) is 5.52 Å². The van der Waals surface area contributed by atoms with Crippen LogP contribution in [0.1, 0.15) is 0 Å². The fraction of sp³-hybridized carbons (Fsp3) is 0.222. The molecular formula is C9H10N4O2. The Morgan fingerprint density at radius 3 is 3.07 bits per heavy atom. The number of esters is 1. The van der Waals surface area contributed by atoms with Crippen LogP contribution in [0.5, 0.6) is 0 Å². The van der Waals surface area contributed by atoms with Crippen molar-refractivity contribution in [2.45, 2.75) is 6.73 Å².